The van der Waals surface area contributed by atoms with Crippen molar-refractivity contribution in [1.82, 2.24) is 20.4 Å². The first-order valence-corrected chi connectivity index (χ1v) is 9.86. The smallest absolute Gasteiger partial charge is 0.262 e. The van der Waals surface area contributed by atoms with Crippen molar-refractivity contribution in [3.05, 3.63) is 34.9 Å². The summed E-state index contributed by atoms with van der Waals surface area (Å²) in [5.74, 6) is -1.81. The van der Waals surface area contributed by atoms with E-state index in [1.165, 1.54) is 0 Å². The Morgan fingerprint density at radius 3 is 2.43 bits per heavy atom. The number of carbonyl (C=O) groups excluding carboxylic acids is 4. The van der Waals surface area contributed by atoms with Crippen molar-refractivity contribution in [3.8, 4) is 0 Å². The molecule has 28 heavy (non-hydrogen) atoms. The molecule has 3 fully saturated rings. The standard InChI is InChI=1S/C20H22N4O4/c25-16-5-4-15(18(26)22-16)24-19(27)12-3-1-2-11(17(12)20(24)28)10-23-13-6-8-21-9-7-14(13)23/h1-3,13-15,21H,4-10H2,(H,22,25,26). The first-order chi connectivity index (χ1) is 13.6. The fraction of sp³-hybridized carbons (Fsp3) is 0.500. The molecule has 0 aliphatic carbocycles. The van der Waals surface area contributed by atoms with Gasteiger partial charge in [-0.2, -0.15) is 0 Å². The van der Waals surface area contributed by atoms with Crippen molar-refractivity contribution in [3.63, 3.8) is 0 Å². The third-order valence-corrected chi connectivity index (χ3v) is 6.35. The van der Waals surface area contributed by atoms with E-state index >= 15 is 0 Å². The van der Waals surface area contributed by atoms with Gasteiger partial charge in [-0.05, 0) is 44.0 Å². The van der Waals surface area contributed by atoms with Crippen LogP contribution in [-0.2, 0) is 16.1 Å². The topological polar surface area (TPSA) is 98.6 Å². The van der Waals surface area contributed by atoms with Crippen LogP contribution in [0.1, 0.15) is 52.0 Å². The van der Waals surface area contributed by atoms with Crippen LogP contribution in [0, 0.1) is 0 Å². The van der Waals surface area contributed by atoms with Gasteiger partial charge in [0.05, 0.1) is 11.1 Å². The van der Waals surface area contributed by atoms with Gasteiger partial charge in [0.2, 0.25) is 11.8 Å². The number of carbonyl (C=O) groups is 4. The van der Waals surface area contributed by atoms with Crippen molar-refractivity contribution in [2.45, 2.75) is 50.4 Å². The van der Waals surface area contributed by atoms with E-state index in [0.29, 0.717) is 29.8 Å². The first kappa shape index (κ1) is 17.5. The van der Waals surface area contributed by atoms with E-state index in [0.717, 1.165) is 36.4 Å². The van der Waals surface area contributed by atoms with Crippen LogP contribution in [0.5, 0.6) is 0 Å². The molecule has 4 amide bonds. The highest BCUT2D eigenvalue weighted by Gasteiger charge is 2.49. The van der Waals surface area contributed by atoms with Crippen LogP contribution >= 0.6 is 0 Å². The van der Waals surface area contributed by atoms with Gasteiger partial charge in [-0.25, -0.2) is 0 Å². The Balaban J connectivity index is 1.41. The van der Waals surface area contributed by atoms with Gasteiger partial charge in [-0.15, -0.1) is 0 Å². The lowest BCUT2D eigenvalue weighted by atomic mass is 10.0. The predicted octanol–water partition coefficient (Wildman–Crippen LogP) is 0.0240. The fourth-order valence-electron chi connectivity index (χ4n) is 4.88. The highest BCUT2D eigenvalue weighted by Crippen LogP contribution is 2.38. The molecule has 1 aromatic carbocycles. The number of hydrogen-bond acceptors (Lipinski definition) is 6. The zero-order valence-electron chi connectivity index (χ0n) is 15.4. The van der Waals surface area contributed by atoms with E-state index < -0.39 is 23.8 Å². The SMILES string of the molecule is O=C1CCC(N2C(=O)c3cccc(CN4C5CCNCCC54)c3C2=O)C(=O)N1. The Kier molecular flexibility index (Phi) is 4.06. The quantitative estimate of drug-likeness (QED) is 0.565. The molecule has 0 saturated carbocycles. The molecule has 5 rings (SSSR count). The van der Waals surface area contributed by atoms with E-state index in [-0.39, 0.29) is 18.7 Å². The van der Waals surface area contributed by atoms with Crippen LogP contribution in [0.15, 0.2) is 18.2 Å². The predicted molar refractivity (Wildman–Crippen MR) is 98.3 cm³/mol. The van der Waals surface area contributed by atoms with Crippen molar-refractivity contribution in [1.29, 1.82) is 0 Å². The third kappa shape index (κ3) is 2.67. The minimum absolute atomic E-state index is 0.127. The fourth-order valence-corrected chi connectivity index (χ4v) is 4.88. The van der Waals surface area contributed by atoms with Gasteiger partial charge in [0.15, 0.2) is 0 Å². The Hall–Kier alpha value is -2.58. The van der Waals surface area contributed by atoms with Gasteiger partial charge in [0.25, 0.3) is 11.8 Å². The highest BCUT2D eigenvalue weighted by atomic mass is 16.2. The molecule has 4 heterocycles. The molecule has 0 aromatic heterocycles. The number of nitrogens with zero attached hydrogens (tertiary/aromatic N) is 2. The van der Waals surface area contributed by atoms with Crippen molar-refractivity contribution in [2.75, 3.05) is 13.1 Å². The van der Waals surface area contributed by atoms with Gasteiger partial charge in [-0.3, -0.25) is 34.3 Å². The number of nitrogens with one attached hydrogen (secondary N) is 2. The Labute approximate surface area is 162 Å². The summed E-state index contributed by atoms with van der Waals surface area (Å²) in [6, 6.07) is 5.49. The molecule has 4 aliphatic heterocycles. The van der Waals surface area contributed by atoms with Gasteiger partial charge in [0, 0.05) is 25.0 Å². The number of amides is 4. The van der Waals surface area contributed by atoms with Crippen molar-refractivity contribution < 1.29 is 19.2 Å². The van der Waals surface area contributed by atoms with Crippen LogP contribution < -0.4 is 10.6 Å². The number of benzene rings is 1. The summed E-state index contributed by atoms with van der Waals surface area (Å²) in [4.78, 5) is 53.1. The molecule has 3 saturated heterocycles. The van der Waals surface area contributed by atoms with Crippen LogP contribution in [0.3, 0.4) is 0 Å². The minimum atomic E-state index is -0.920. The second-order valence-corrected chi connectivity index (χ2v) is 7.92. The number of imide groups is 2. The van der Waals surface area contributed by atoms with Crippen LogP contribution in [0.25, 0.3) is 0 Å². The Bertz CT molecular complexity index is 886. The summed E-state index contributed by atoms with van der Waals surface area (Å²) in [7, 11) is 0. The molecule has 1 aromatic rings. The van der Waals surface area contributed by atoms with E-state index in [2.05, 4.69) is 15.5 Å². The van der Waals surface area contributed by atoms with Gasteiger partial charge in [-0.1, -0.05) is 12.1 Å². The second kappa shape index (κ2) is 6.49. The molecule has 3 atom stereocenters. The number of hydrogen-bond donors (Lipinski definition) is 2. The van der Waals surface area contributed by atoms with Gasteiger partial charge >= 0.3 is 0 Å². The lowest BCUT2D eigenvalue weighted by Crippen LogP contribution is -2.54. The lowest BCUT2D eigenvalue weighted by Gasteiger charge is -2.27. The summed E-state index contributed by atoms with van der Waals surface area (Å²) in [6.07, 6.45) is 2.49. The molecule has 8 nitrogen and oxygen atoms in total. The minimum Gasteiger partial charge on any atom is -0.317 e. The molecular weight excluding hydrogens is 360 g/mol. The van der Waals surface area contributed by atoms with Crippen LogP contribution in [-0.4, -0.2) is 64.6 Å². The molecule has 8 heteroatoms. The van der Waals surface area contributed by atoms with Crippen molar-refractivity contribution >= 4 is 23.6 Å². The van der Waals surface area contributed by atoms with Gasteiger partial charge in [0.1, 0.15) is 6.04 Å². The highest BCUT2D eigenvalue weighted by molar-refractivity contribution is 6.24. The van der Waals surface area contributed by atoms with Crippen molar-refractivity contribution in [2.24, 2.45) is 0 Å². The molecule has 2 N–H and O–H groups in total. The lowest BCUT2D eigenvalue weighted by molar-refractivity contribution is -0.136. The normalized spacial score (nSPS) is 31.9. The maximum absolute atomic E-state index is 13.1. The average Bonchev–Trinajstić information content (AvgIpc) is 3.32. The number of piperidine rings is 1. The monoisotopic (exact) mass is 382 g/mol. The summed E-state index contributed by atoms with van der Waals surface area (Å²) in [5.41, 5.74) is 1.61. The third-order valence-electron chi connectivity index (χ3n) is 6.35. The summed E-state index contributed by atoms with van der Waals surface area (Å²) in [5, 5.41) is 5.63. The van der Waals surface area contributed by atoms with Crippen LogP contribution in [0.2, 0.25) is 0 Å². The van der Waals surface area contributed by atoms with E-state index in [9.17, 15) is 19.2 Å². The van der Waals surface area contributed by atoms with Crippen LogP contribution in [0.4, 0.5) is 0 Å². The largest absolute Gasteiger partial charge is 0.317 e. The number of rotatable bonds is 3. The van der Waals surface area contributed by atoms with Gasteiger partial charge < -0.3 is 5.32 Å². The molecule has 0 bridgehead atoms. The maximum atomic E-state index is 13.1. The molecule has 0 spiro atoms. The first-order valence-electron chi connectivity index (χ1n) is 9.86. The molecule has 0 radical (unpaired) electrons. The molecular formula is C20H22N4O4. The second-order valence-electron chi connectivity index (χ2n) is 7.92. The summed E-state index contributed by atoms with van der Waals surface area (Å²) in [6.45, 7) is 2.65. The average molecular weight is 382 g/mol. The molecule has 3 unspecified atom stereocenters. The summed E-state index contributed by atoms with van der Waals surface area (Å²) < 4.78 is 0. The Morgan fingerprint density at radius 2 is 1.71 bits per heavy atom. The summed E-state index contributed by atoms with van der Waals surface area (Å²) >= 11 is 0. The molecule has 146 valence electrons. The Morgan fingerprint density at radius 1 is 0.964 bits per heavy atom. The van der Waals surface area contributed by atoms with E-state index in [1.807, 2.05) is 6.07 Å². The zero-order chi connectivity index (χ0) is 19.4. The zero-order valence-corrected chi connectivity index (χ0v) is 15.4. The van der Waals surface area contributed by atoms with E-state index in [1.54, 1.807) is 12.1 Å². The molecule has 4 aliphatic rings. The van der Waals surface area contributed by atoms with E-state index in [4.69, 9.17) is 0 Å². The maximum Gasteiger partial charge on any atom is 0.262 e. The number of fused-ring (bicyclic) bond motifs is 2.